The molecule has 3 aromatic heterocycles. The fourth-order valence-corrected chi connectivity index (χ4v) is 3.40. The molecule has 0 spiro atoms. The maximum atomic E-state index is 12.4. The van der Waals surface area contributed by atoms with Gasteiger partial charge in [-0.2, -0.15) is 0 Å². The van der Waals surface area contributed by atoms with Crippen LogP contribution in [0.2, 0.25) is 0 Å². The van der Waals surface area contributed by atoms with E-state index in [9.17, 15) is 4.79 Å². The van der Waals surface area contributed by atoms with E-state index in [0.717, 1.165) is 32.8 Å². The second-order valence-electron chi connectivity index (χ2n) is 6.44. The number of hydrogen-bond donors (Lipinski definition) is 1. The van der Waals surface area contributed by atoms with Gasteiger partial charge in [-0.1, -0.05) is 40.2 Å². The van der Waals surface area contributed by atoms with Gasteiger partial charge in [0.15, 0.2) is 0 Å². The lowest BCUT2D eigenvalue weighted by Gasteiger charge is -2.07. The number of carbonyl (C=O) groups is 1. The van der Waals surface area contributed by atoms with Crippen molar-refractivity contribution in [1.82, 2.24) is 19.7 Å². The first-order valence-corrected chi connectivity index (χ1v) is 9.88. The predicted molar refractivity (Wildman–Crippen MR) is 113 cm³/mol. The molecule has 28 heavy (non-hydrogen) atoms. The highest BCUT2D eigenvalue weighted by Gasteiger charge is 2.15. The Morgan fingerprint density at radius 1 is 1.04 bits per heavy atom. The van der Waals surface area contributed by atoms with E-state index >= 15 is 0 Å². The third kappa shape index (κ3) is 4.12. The highest BCUT2D eigenvalue weighted by molar-refractivity contribution is 9.10. The van der Waals surface area contributed by atoms with Gasteiger partial charge in [0.25, 0.3) is 0 Å². The summed E-state index contributed by atoms with van der Waals surface area (Å²) in [6.07, 6.45) is 4.71. The lowest BCUT2D eigenvalue weighted by molar-refractivity contribution is -0.121. The minimum Gasteiger partial charge on any atom is -0.350 e. The quantitative estimate of drug-likeness (QED) is 0.488. The Morgan fingerprint density at radius 3 is 2.64 bits per heavy atom. The van der Waals surface area contributed by atoms with Crippen LogP contribution in [-0.4, -0.2) is 20.3 Å². The second kappa shape index (κ2) is 8.35. The smallest absolute Gasteiger partial charge is 0.220 e. The van der Waals surface area contributed by atoms with E-state index < -0.39 is 0 Å². The summed E-state index contributed by atoms with van der Waals surface area (Å²) in [6, 6.07) is 19.7. The zero-order valence-electron chi connectivity index (χ0n) is 15.2. The topological polar surface area (TPSA) is 59.3 Å². The van der Waals surface area contributed by atoms with E-state index in [0.29, 0.717) is 19.4 Å². The van der Waals surface area contributed by atoms with Crippen LogP contribution < -0.4 is 5.32 Å². The number of aromatic nitrogens is 3. The van der Waals surface area contributed by atoms with Crippen LogP contribution in [0.15, 0.2) is 77.5 Å². The van der Waals surface area contributed by atoms with Crippen molar-refractivity contribution in [3.05, 3.63) is 88.9 Å². The fraction of sp³-hybridized carbons (Fsp3) is 0.136. The van der Waals surface area contributed by atoms with Gasteiger partial charge in [-0.05, 0) is 42.8 Å². The van der Waals surface area contributed by atoms with Crippen molar-refractivity contribution in [2.75, 3.05) is 0 Å². The average Bonchev–Trinajstić information content (AvgIpc) is 3.10. The molecule has 1 aromatic carbocycles. The number of fused-ring (bicyclic) bond motifs is 1. The molecule has 140 valence electrons. The lowest BCUT2D eigenvalue weighted by Crippen LogP contribution is -2.23. The van der Waals surface area contributed by atoms with Gasteiger partial charge in [0.05, 0.1) is 23.6 Å². The van der Waals surface area contributed by atoms with Crippen molar-refractivity contribution >= 4 is 27.5 Å². The summed E-state index contributed by atoms with van der Waals surface area (Å²) in [5.74, 6) is -0.00158. The van der Waals surface area contributed by atoms with Crippen LogP contribution in [0.3, 0.4) is 0 Å². The number of benzene rings is 1. The molecule has 0 radical (unpaired) electrons. The van der Waals surface area contributed by atoms with Gasteiger partial charge in [0, 0.05) is 28.9 Å². The maximum absolute atomic E-state index is 12.4. The summed E-state index contributed by atoms with van der Waals surface area (Å²) in [5.41, 5.74) is 4.71. The number of nitrogens with one attached hydrogen (secondary N) is 1. The number of hydrogen-bond acceptors (Lipinski definition) is 3. The number of halogens is 1. The molecule has 3 heterocycles. The number of rotatable bonds is 6. The van der Waals surface area contributed by atoms with Crippen LogP contribution in [0.1, 0.15) is 17.8 Å². The third-order valence-electron chi connectivity index (χ3n) is 4.53. The summed E-state index contributed by atoms with van der Waals surface area (Å²) < 4.78 is 3.08. The number of pyridine rings is 2. The zero-order chi connectivity index (χ0) is 19.3. The number of amides is 1. The van der Waals surface area contributed by atoms with Crippen molar-refractivity contribution in [3.8, 4) is 11.3 Å². The molecule has 1 amide bonds. The Kier molecular flexibility index (Phi) is 5.48. The second-order valence-corrected chi connectivity index (χ2v) is 7.36. The molecule has 0 bridgehead atoms. The highest BCUT2D eigenvalue weighted by Crippen LogP contribution is 2.26. The summed E-state index contributed by atoms with van der Waals surface area (Å²) in [7, 11) is 0. The summed E-state index contributed by atoms with van der Waals surface area (Å²) >= 11 is 3.47. The van der Waals surface area contributed by atoms with Gasteiger partial charge in [-0.25, -0.2) is 4.98 Å². The van der Waals surface area contributed by atoms with Gasteiger partial charge in [0.2, 0.25) is 5.91 Å². The van der Waals surface area contributed by atoms with Gasteiger partial charge >= 0.3 is 0 Å². The number of imidazole rings is 1. The minimum absolute atomic E-state index is 0.00158. The van der Waals surface area contributed by atoms with E-state index in [-0.39, 0.29) is 5.91 Å². The molecule has 0 unspecified atom stereocenters. The highest BCUT2D eigenvalue weighted by atomic mass is 79.9. The molecule has 4 rings (SSSR count). The standard InChI is InChI=1S/C22H19BrN4O/c23-17-9-7-16(8-10-17)22-19(27-14-4-2-6-20(27)26-22)11-12-21(28)25-15-18-5-1-3-13-24-18/h1-10,13-14H,11-12,15H2,(H,25,28). The van der Waals surface area contributed by atoms with Crippen molar-refractivity contribution < 1.29 is 4.79 Å². The average molecular weight is 435 g/mol. The fourth-order valence-electron chi connectivity index (χ4n) is 3.14. The molecule has 5 nitrogen and oxygen atoms in total. The maximum Gasteiger partial charge on any atom is 0.220 e. The Bertz CT molecular complexity index is 1090. The van der Waals surface area contributed by atoms with Crippen molar-refractivity contribution in [2.24, 2.45) is 0 Å². The van der Waals surface area contributed by atoms with Crippen molar-refractivity contribution in [2.45, 2.75) is 19.4 Å². The number of aryl methyl sites for hydroxylation is 1. The van der Waals surface area contributed by atoms with E-state index in [1.54, 1.807) is 6.20 Å². The predicted octanol–water partition coefficient (Wildman–Crippen LogP) is 4.41. The lowest BCUT2D eigenvalue weighted by atomic mass is 10.1. The minimum atomic E-state index is -0.00158. The molecule has 1 N–H and O–H groups in total. The Morgan fingerprint density at radius 2 is 1.86 bits per heavy atom. The van der Waals surface area contributed by atoms with E-state index in [1.807, 2.05) is 66.9 Å². The number of nitrogens with zero attached hydrogens (tertiary/aromatic N) is 3. The van der Waals surface area contributed by atoms with Crippen LogP contribution in [-0.2, 0) is 17.8 Å². The first-order valence-electron chi connectivity index (χ1n) is 9.09. The summed E-state index contributed by atoms with van der Waals surface area (Å²) in [5, 5.41) is 2.94. The van der Waals surface area contributed by atoms with Crippen molar-refractivity contribution in [1.29, 1.82) is 0 Å². The summed E-state index contributed by atoms with van der Waals surface area (Å²) in [4.78, 5) is 21.4. The monoisotopic (exact) mass is 434 g/mol. The van der Waals surface area contributed by atoms with E-state index in [2.05, 4.69) is 30.6 Å². The SMILES string of the molecule is O=C(CCc1c(-c2ccc(Br)cc2)nc2ccccn12)NCc1ccccn1. The van der Waals surface area contributed by atoms with Crippen molar-refractivity contribution in [3.63, 3.8) is 0 Å². The Balaban J connectivity index is 1.53. The third-order valence-corrected chi connectivity index (χ3v) is 5.06. The molecule has 0 saturated carbocycles. The summed E-state index contributed by atoms with van der Waals surface area (Å²) in [6.45, 7) is 0.437. The van der Waals surface area contributed by atoms with Crippen LogP contribution in [0.4, 0.5) is 0 Å². The van der Waals surface area contributed by atoms with Crippen LogP contribution >= 0.6 is 15.9 Å². The zero-order valence-corrected chi connectivity index (χ0v) is 16.8. The molecule has 0 atom stereocenters. The molecule has 0 saturated heterocycles. The van der Waals surface area contributed by atoms with Gasteiger partial charge in [-0.3, -0.25) is 9.78 Å². The van der Waals surface area contributed by atoms with Crippen LogP contribution in [0, 0.1) is 0 Å². The molecular formula is C22H19BrN4O. The molecule has 0 fully saturated rings. The Hall–Kier alpha value is -2.99. The normalized spacial score (nSPS) is 10.9. The van der Waals surface area contributed by atoms with Gasteiger partial charge in [-0.15, -0.1) is 0 Å². The molecule has 0 aliphatic heterocycles. The molecular weight excluding hydrogens is 416 g/mol. The number of carbonyl (C=O) groups excluding carboxylic acids is 1. The van der Waals surface area contributed by atoms with Gasteiger partial charge < -0.3 is 9.72 Å². The Labute approximate surface area is 171 Å². The molecule has 0 aliphatic carbocycles. The molecule has 0 aliphatic rings. The molecule has 6 heteroatoms. The van der Waals surface area contributed by atoms with E-state index in [1.165, 1.54) is 0 Å². The van der Waals surface area contributed by atoms with Gasteiger partial charge in [0.1, 0.15) is 5.65 Å². The van der Waals surface area contributed by atoms with Crippen LogP contribution in [0.25, 0.3) is 16.9 Å². The molecule has 4 aromatic rings. The first-order chi connectivity index (χ1) is 13.7. The first kappa shape index (κ1) is 18.4. The van der Waals surface area contributed by atoms with Crippen LogP contribution in [0.5, 0.6) is 0 Å². The van der Waals surface area contributed by atoms with E-state index in [4.69, 9.17) is 4.98 Å². The largest absolute Gasteiger partial charge is 0.350 e.